The Morgan fingerprint density at radius 2 is 0.944 bits per heavy atom. The van der Waals surface area contributed by atoms with Gasteiger partial charge in [0.25, 0.3) is 0 Å². The molecule has 0 spiro atoms. The molecular weight excluding hydrogens is 925 g/mol. The molecule has 2 aromatic carbocycles. The third kappa shape index (κ3) is 32.7. The van der Waals surface area contributed by atoms with Crippen LogP contribution < -0.4 is 32.3 Å². The Morgan fingerprint density at radius 3 is 1.28 bits per heavy atom. The Hall–Kier alpha value is -6.64. The van der Waals surface area contributed by atoms with E-state index in [4.69, 9.17) is 29.4 Å². The Morgan fingerprint density at radius 1 is 0.549 bits per heavy atom. The molecule has 5 amide bonds. The number of ether oxygens (including phenoxy) is 6. The molecule has 0 fully saturated rings. The first-order chi connectivity index (χ1) is 33.2. The van der Waals surface area contributed by atoms with E-state index >= 15 is 0 Å². The molecule has 0 bridgehead atoms. The predicted octanol–water partition coefficient (Wildman–Crippen LogP) is 6.49. The van der Waals surface area contributed by atoms with E-state index in [9.17, 15) is 43.5 Å². The number of unbranched alkanes of at least 4 members (excludes halogenated alkanes) is 2. The van der Waals surface area contributed by atoms with Crippen LogP contribution in [0.4, 0.5) is 19.2 Å². The molecule has 21 nitrogen and oxygen atoms in total. The number of rotatable bonds is 23. The van der Waals surface area contributed by atoms with E-state index in [-0.39, 0.29) is 43.9 Å². The summed E-state index contributed by atoms with van der Waals surface area (Å²) >= 11 is 0. The van der Waals surface area contributed by atoms with E-state index in [1.807, 2.05) is 62.4 Å². The van der Waals surface area contributed by atoms with Crippen LogP contribution in [0.2, 0.25) is 0 Å². The van der Waals surface area contributed by atoms with Gasteiger partial charge in [0.05, 0.1) is 14.2 Å². The van der Waals surface area contributed by atoms with Gasteiger partial charge in [-0.15, -0.1) is 0 Å². The quantitative estimate of drug-likeness (QED) is 0.0355. The van der Waals surface area contributed by atoms with Crippen molar-refractivity contribution in [1.82, 2.24) is 26.6 Å². The van der Waals surface area contributed by atoms with Crippen molar-refractivity contribution in [3.8, 4) is 0 Å². The molecule has 0 radical (unpaired) electrons. The SMILES string of the molecule is CC(C)(C)OC(=O)NCCCC[C@H](NC(=O)OCc1ccccc1)C(=O)O.COC(=O)[C@@H](N)C(C)C.COC(=O)[C@@H](NC(=O)[C@H](CCCCNC(=O)OC(C)(C)C)NC(=O)OCc1ccccc1)C(C)C. The van der Waals surface area contributed by atoms with Gasteiger partial charge in [-0.1, -0.05) is 88.4 Å². The highest BCUT2D eigenvalue weighted by Crippen LogP contribution is 2.11. The number of hydrogen-bond acceptors (Lipinski definition) is 15. The van der Waals surface area contributed by atoms with E-state index in [0.717, 1.165) is 11.1 Å². The molecule has 4 atom stereocenters. The Balaban J connectivity index is 0.00000120. The monoisotopic (exact) mass is 1000 g/mol. The molecule has 0 saturated heterocycles. The molecule has 21 heteroatoms. The van der Waals surface area contributed by atoms with Gasteiger partial charge in [0, 0.05) is 13.1 Å². The van der Waals surface area contributed by atoms with Crippen LogP contribution in [0.25, 0.3) is 0 Å². The number of carbonyl (C=O) groups is 8. The summed E-state index contributed by atoms with van der Waals surface area (Å²) in [4.78, 5) is 94.3. The van der Waals surface area contributed by atoms with E-state index in [2.05, 4.69) is 31.3 Å². The molecule has 0 saturated carbocycles. The lowest BCUT2D eigenvalue weighted by atomic mass is 10.0. The molecule has 0 aromatic heterocycles. The summed E-state index contributed by atoms with van der Waals surface area (Å²) in [7, 11) is 2.59. The van der Waals surface area contributed by atoms with Crippen LogP contribution in [-0.2, 0) is 60.8 Å². The number of hydrogen-bond donors (Lipinski definition) is 7. The van der Waals surface area contributed by atoms with E-state index in [1.54, 1.807) is 67.5 Å². The second-order valence-electron chi connectivity index (χ2n) is 18.8. The first kappa shape index (κ1) is 64.4. The first-order valence-corrected chi connectivity index (χ1v) is 23.5. The lowest BCUT2D eigenvalue weighted by Gasteiger charge is -2.24. The number of carboxylic acids is 1. The van der Waals surface area contributed by atoms with Crippen LogP contribution in [0.3, 0.4) is 0 Å². The van der Waals surface area contributed by atoms with Crippen molar-refractivity contribution in [2.45, 2.75) is 156 Å². The average Bonchev–Trinajstić information content (AvgIpc) is 3.29. The molecule has 400 valence electrons. The maximum absolute atomic E-state index is 12.9. The Labute approximate surface area is 418 Å². The van der Waals surface area contributed by atoms with Gasteiger partial charge >= 0.3 is 42.3 Å². The minimum absolute atomic E-state index is 0.0532. The van der Waals surface area contributed by atoms with Gasteiger partial charge in [-0.25, -0.2) is 28.8 Å². The zero-order valence-electron chi connectivity index (χ0n) is 43.5. The highest BCUT2D eigenvalue weighted by Gasteiger charge is 2.30. The molecule has 0 aliphatic carbocycles. The van der Waals surface area contributed by atoms with E-state index in [0.29, 0.717) is 38.8 Å². The van der Waals surface area contributed by atoms with Gasteiger partial charge < -0.3 is 65.8 Å². The zero-order chi connectivity index (χ0) is 54.2. The van der Waals surface area contributed by atoms with E-state index in [1.165, 1.54) is 14.2 Å². The van der Waals surface area contributed by atoms with Crippen LogP contribution in [0, 0.1) is 11.8 Å². The number of nitrogens with one attached hydrogen (secondary N) is 5. The van der Waals surface area contributed by atoms with Crippen LogP contribution in [-0.4, -0.2) is 116 Å². The summed E-state index contributed by atoms with van der Waals surface area (Å²) in [6, 6.07) is 14.9. The van der Waals surface area contributed by atoms with Gasteiger partial charge in [-0.2, -0.15) is 0 Å². The fourth-order valence-electron chi connectivity index (χ4n) is 5.58. The molecule has 0 unspecified atom stereocenters. The van der Waals surface area contributed by atoms with Gasteiger partial charge in [-0.05, 0) is 103 Å². The molecule has 0 aliphatic heterocycles. The highest BCUT2D eigenvalue weighted by atomic mass is 16.6. The topological polar surface area (TPSA) is 298 Å². The van der Waals surface area contributed by atoms with Gasteiger partial charge in [-0.3, -0.25) is 9.59 Å². The predicted molar refractivity (Wildman–Crippen MR) is 265 cm³/mol. The number of alkyl carbamates (subject to hydrolysis) is 4. The summed E-state index contributed by atoms with van der Waals surface area (Å²) in [5.74, 6) is -2.63. The van der Waals surface area contributed by atoms with Crippen molar-refractivity contribution in [3.05, 3.63) is 71.8 Å². The third-order valence-electron chi connectivity index (χ3n) is 9.41. The number of benzene rings is 2. The molecule has 0 aliphatic rings. The molecular formula is C50H80N6O15. The summed E-state index contributed by atoms with van der Waals surface area (Å²) in [6.45, 7) is 18.8. The lowest BCUT2D eigenvalue weighted by Crippen LogP contribution is -2.53. The summed E-state index contributed by atoms with van der Waals surface area (Å²) in [6.07, 6.45) is 0.0618. The largest absolute Gasteiger partial charge is 0.480 e. The third-order valence-corrected chi connectivity index (χ3v) is 9.41. The summed E-state index contributed by atoms with van der Waals surface area (Å²) < 4.78 is 29.7. The molecule has 8 N–H and O–H groups in total. The summed E-state index contributed by atoms with van der Waals surface area (Å²) in [5, 5.41) is 22.1. The highest BCUT2D eigenvalue weighted by molar-refractivity contribution is 5.89. The number of carbonyl (C=O) groups excluding carboxylic acids is 7. The van der Waals surface area contributed by atoms with Gasteiger partial charge in [0.15, 0.2) is 0 Å². The van der Waals surface area contributed by atoms with Crippen LogP contribution in [0.1, 0.15) is 119 Å². The Bertz CT molecular complexity index is 1900. The number of carboxylic acid groups (broad SMARTS) is 1. The number of aliphatic carboxylic acids is 1. The van der Waals surface area contributed by atoms with Crippen LogP contribution in [0.15, 0.2) is 60.7 Å². The fraction of sp³-hybridized carbons (Fsp3) is 0.600. The lowest BCUT2D eigenvalue weighted by molar-refractivity contribution is -0.146. The minimum atomic E-state index is -1.13. The van der Waals surface area contributed by atoms with Crippen molar-refractivity contribution in [3.63, 3.8) is 0 Å². The van der Waals surface area contributed by atoms with Crippen molar-refractivity contribution < 1.29 is 71.9 Å². The van der Waals surface area contributed by atoms with Crippen LogP contribution >= 0.6 is 0 Å². The minimum Gasteiger partial charge on any atom is -0.480 e. The standard InChI is InChI=1S/C25H39N3O7.C19H28N2O6.C6H13NO2/c1-17(2)20(22(30)33-6)28-21(29)19(14-10-11-15-26-23(31)35-25(3,4)5)27-24(32)34-16-18-12-8-7-9-13-18;1-19(2,3)27-17(24)20-12-8-7-11-15(16(22)23)21-18(25)26-13-14-9-5-4-6-10-14;1-4(2)5(7)6(8)9-3/h7-9,12-13,17,19-20H,10-11,14-16H2,1-6H3,(H,26,31)(H,27,32)(H,28,29);4-6,9-10,15H,7-8,11-13H2,1-3H3,(H,20,24)(H,21,25)(H,22,23);4-5H,7H2,1-3H3/t19-,20-;15-;5-/m000/s1. The number of esters is 2. The normalized spacial score (nSPS) is 12.5. The van der Waals surface area contributed by atoms with E-state index < -0.39 is 77.6 Å². The molecule has 71 heavy (non-hydrogen) atoms. The van der Waals surface area contributed by atoms with Crippen molar-refractivity contribution in [1.29, 1.82) is 0 Å². The molecule has 2 rings (SSSR count). The number of methoxy groups -OCH3 is 2. The number of nitrogens with two attached hydrogens (primary N) is 1. The number of amides is 5. The van der Waals surface area contributed by atoms with Crippen molar-refractivity contribution in [2.75, 3.05) is 27.3 Å². The maximum atomic E-state index is 12.9. The summed E-state index contributed by atoms with van der Waals surface area (Å²) in [5.41, 5.74) is 5.86. The van der Waals surface area contributed by atoms with Crippen molar-refractivity contribution in [2.24, 2.45) is 17.6 Å². The van der Waals surface area contributed by atoms with Crippen molar-refractivity contribution >= 4 is 48.2 Å². The Kier molecular flexibility index (Phi) is 31.4. The second kappa shape index (κ2) is 34.6. The fourth-order valence-corrected chi connectivity index (χ4v) is 5.58. The van der Waals surface area contributed by atoms with Gasteiger partial charge in [0.1, 0.15) is 48.6 Å². The maximum Gasteiger partial charge on any atom is 0.408 e. The smallest absolute Gasteiger partial charge is 0.408 e. The van der Waals surface area contributed by atoms with Gasteiger partial charge in [0.2, 0.25) is 5.91 Å². The average molecular weight is 1010 g/mol. The van der Waals surface area contributed by atoms with Crippen LogP contribution in [0.5, 0.6) is 0 Å². The first-order valence-electron chi connectivity index (χ1n) is 23.5. The molecule has 2 aromatic rings. The second-order valence-corrected chi connectivity index (χ2v) is 18.8. The zero-order valence-corrected chi connectivity index (χ0v) is 43.5. The molecule has 0 heterocycles.